The van der Waals surface area contributed by atoms with E-state index in [4.69, 9.17) is 9.84 Å². The molecule has 150 valence electrons. The van der Waals surface area contributed by atoms with Gasteiger partial charge in [-0.15, -0.1) is 0 Å². The number of carboxylic acids is 1. The molecule has 0 saturated heterocycles. The maximum Gasteiger partial charge on any atom is 0.317 e. The number of hydrogen-bond donors (Lipinski definition) is 3. The largest absolute Gasteiger partial charge is 0.489 e. The average molecular weight is 377 g/mol. The third-order valence-corrected chi connectivity index (χ3v) is 4.95. The van der Waals surface area contributed by atoms with Gasteiger partial charge in [0.2, 0.25) is 0 Å². The predicted octanol–water partition coefficient (Wildman–Crippen LogP) is 2.39. The smallest absolute Gasteiger partial charge is 0.317 e. The van der Waals surface area contributed by atoms with Gasteiger partial charge in [-0.05, 0) is 50.4 Å². The Bertz CT molecular complexity index is 631. The topological polar surface area (TPSA) is 90.9 Å². The molecule has 1 saturated carbocycles. The number of carbonyl (C=O) groups excluding carboxylic acids is 1. The number of aliphatic carboxylic acids is 1. The Morgan fingerprint density at radius 3 is 2.67 bits per heavy atom. The van der Waals surface area contributed by atoms with E-state index < -0.39 is 5.97 Å². The average Bonchev–Trinajstić information content (AvgIpc) is 2.59. The van der Waals surface area contributed by atoms with E-state index in [1.54, 1.807) is 0 Å². The number of amides is 2. The second kappa shape index (κ2) is 10.2. The molecule has 27 heavy (non-hydrogen) atoms. The lowest BCUT2D eigenvalue weighted by Gasteiger charge is -2.42. The summed E-state index contributed by atoms with van der Waals surface area (Å²) in [5, 5.41) is 14.8. The molecule has 1 unspecified atom stereocenters. The van der Waals surface area contributed by atoms with Crippen molar-refractivity contribution in [3.05, 3.63) is 29.8 Å². The van der Waals surface area contributed by atoms with Crippen molar-refractivity contribution in [2.24, 2.45) is 0 Å². The zero-order valence-electron chi connectivity index (χ0n) is 16.4. The molecular weight excluding hydrogens is 346 g/mol. The van der Waals surface area contributed by atoms with Crippen LogP contribution in [-0.2, 0) is 4.79 Å². The van der Waals surface area contributed by atoms with Crippen LogP contribution < -0.4 is 15.4 Å². The number of nitrogens with zero attached hydrogens (tertiary/aromatic N) is 1. The van der Waals surface area contributed by atoms with Crippen LogP contribution in [0.5, 0.6) is 5.75 Å². The highest BCUT2D eigenvalue weighted by atomic mass is 16.5. The summed E-state index contributed by atoms with van der Waals surface area (Å²) in [6, 6.07) is 7.98. The maximum absolute atomic E-state index is 12.1. The molecule has 2 rings (SSSR count). The summed E-state index contributed by atoms with van der Waals surface area (Å²) in [7, 11) is 0. The van der Waals surface area contributed by atoms with Gasteiger partial charge in [-0.1, -0.05) is 26.0 Å². The van der Waals surface area contributed by atoms with Crippen LogP contribution in [0.4, 0.5) is 4.79 Å². The number of urea groups is 1. The number of benzene rings is 1. The highest BCUT2D eigenvalue weighted by Crippen LogP contribution is 2.25. The van der Waals surface area contributed by atoms with E-state index in [-0.39, 0.29) is 30.8 Å². The molecule has 0 aromatic heterocycles. The first-order valence-corrected chi connectivity index (χ1v) is 9.64. The number of rotatable bonds is 10. The molecule has 1 fully saturated rings. The molecule has 0 radical (unpaired) electrons. The van der Waals surface area contributed by atoms with Crippen LogP contribution in [0.25, 0.3) is 0 Å². The Morgan fingerprint density at radius 1 is 1.33 bits per heavy atom. The number of likely N-dealkylation sites (N-methyl/N-ethyl adjacent to an activating group) is 1. The molecule has 7 nitrogen and oxygen atoms in total. The standard InChI is InChI=1S/C20H31N3O4/c1-4-17(27-18-8-6-7-14(3)9-18)12-21-20(26)22-15-10-16(11-15)23(5-2)13-19(24)25/h6-9,15-17H,4-5,10-13H2,1-3H3,(H,24,25)(H2,21,22,26). The summed E-state index contributed by atoms with van der Waals surface area (Å²) in [4.78, 5) is 24.9. The third-order valence-electron chi connectivity index (χ3n) is 4.95. The monoisotopic (exact) mass is 377 g/mol. The van der Waals surface area contributed by atoms with Crippen molar-refractivity contribution in [1.82, 2.24) is 15.5 Å². The van der Waals surface area contributed by atoms with E-state index in [0.717, 1.165) is 30.6 Å². The molecule has 0 spiro atoms. The fourth-order valence-corrected chi connectivity index (χ4v) is 3.27. The number of aryl methyl sites for hydroxylation is 1. The van der Waals surface area contributed by atoms with Gasteiger partial charge in [-0.2, -0.15) is 0 Å². The van der Waals surface area contributed by atoms with Crippen molar-refractivity contribution in [3.63, 3.8) is 0 Å². The van der Waals surface area contributed by atoms with Crippen LogP contribution >= 0.6 is 0 Å². The van der Waals surface area contributed by atoms with E-state index in [9.17, 15) is 9.59 Å². The van der Waals surface area contributed by atoms with Gasteiger partial charge in [-0.3, -0.25) is 9.69 Å². The second-order valence-corrected chi connectivity index (χ2v) is 7.10. The van der Waals surface area contributed by atoms with E-state index in [1.165, 1.54) is 0 Å². The Kier molecular flexibility index (Phi) is 7.91. The van der Waals surface area contributed by atoms with Crippen LogP contribution in [-0.4, -0.2) is 59.8 Å². The number of nitrogens with one attached hydrogen (secondary N) is 2. The molecule has 1 atom stereocenters. The van der Waals surface area contributed by atoms with Crippen molar-refractivity contribution >= 4 is 12.0 Å². The third kappa shape index (κ3) is 6.75. The molecule has 1 aliphatic rings. The van der Waals surface area contributed by atoms with Gasteiger partial charge in [0.15, 0.2) is 0 Å². The van der Waals surface area contributed by atoms with Crippen molar-refractivity contribution < 1.29 is 19.4 Å². The van der Waals surface area contributed by atoms with E-state index in [0.29, 0.717) is 13.1 Å². The normalized spacial score (nSPS) is 19.9. The molecular formula is C20H31N3O4. The first kappa shape index (κ1) is 21.0. The van der Waals surface area contributed by atoms with Gasteiger partial charge < -0.3 is 20.5 Å². The number of carboxylic acid groups (broad SMARTS) is 1. The molecule has 7 heteroatoms. The van der Waals surface area contributed by atoms with Crippen LogP contribution in [0.1, 0.15) is 38.7 Å². The van der Waals surface area contributed by atoms with Crippen LogP contribution in [0.3, 0.4) is 0 Å². The zero-order valence-corrected chi connectivity index (χ0v) is 16.4. The quantitative estimate of drug-likeness (QED) is 0.582. The van der Waals surface area contributed by atoms with Gasteiger partial charge in [0, 0.05) is 12.1 Å². The molecule has 0 bridgehead atoms. The lowest BCUT2D eigenvalue weighted by atomic mass is 9.85. The minimum Gasteiger partial charge on any atom is -0.489 e. The first-order chi connectivity index (χ1) is 12.9. The predicted molar refractivity (Wildman–Crippen MR) is 104 cm³/mol. The number of hydrogen-bond acceptors (Lipinski definition) is 4. The van der Waals surface area contributed by atoms with Crippen LogP contribution in [0.15, 0.2) is 24.3 Å². The maximum atomic E-state index is 12.1. The summed E-state index contributed by atoms with van der Waals surface area (Å²) in [5.74, 6) is -0.00537. The lowest BCUT2D eigenvalue weighted by molar-refractivity contribution is -0.139. The molecule has 3 N–H and O–H groups in total. The van der Waals surface area contributed by atoms with Gasteiger partial charge in [0.05, 0.1) is 13.1 Å². The molecule has 1 aromatic rings. The summed E-state index contributed by atoms with van der Waals surface area (Å²) in [5.41, 5.74) is 1.14. The van der Waals surface area contributed by atoms with Crippen LogP contribution in [0, 0.1) is 6.92 Å². The summed E-state index contributed by atoms with van der Waals surface area (Å²) in [6.07, 6.45) is 2.27. The first-order valence-electron chi connectivity index (χ1n) is 9.64. The van der Waals surface area contributed by atoms with E-state index in [1.807, 2.05) is 49.9 Å². The summed E-state index contributed by atoms with van der Waals surface area (Å²) in [6.45, 7) is 7.18. The van der Waals surface area contributed by atoms with Gasteiger partial charge in [-0.25, -0.2) is 4.79 Å². The fraction of sp³-hybridized carbons (Fsp3) is 0.600. The SMILES string of the molecule is CCC(CNC(=O)NC1CC(N(CC)CC(=O)O)C1)Oc1cccc(C)c1. The molecule has 0 heterocycles. The highest BCUT2D eigenvalue weighted by Gasteiger charge is 2.34. The fourth-order valence-electron chi connectivity index (χ4n) is 3.27. The minimum absolute atomic E-state index is 0.0502. The van der Waals surface area contributed by atoms with E-state index >= 15 is 0 Å². The van der Waals surface area contributed by atoms with Crippen molar-refractivity contribution in [2.75, 3.05) is 19.6 Å². The molecule has 0 aliphatic heterocycles. The van der Waals surface area contributed by atoms with Crippen LogP contribution in [0.2, 0.25) is 0 Å². The summed E-state index contributed by atoms with van der Waals surface area (Å²) >= 11 is 0. The van der Waals surface area contributed by atoms with Gasteiger partial charge >= 0.3 is 12.0 Å². The van der Waals surface area contributed by atoms with Gasteiger partial charge in [0.1, 0.15) is 11.9 Å². The molecule has 1 aromatic carbocycles. The Balaban J connectivity index is 1.69. The minimum atomic E-state index is -0.815. The number of carbonyl (C=O) groups is 2. The Labute approximate surface area is 161 Å². The van der Waals surface area contributed by atoms with E-state index in [2.05, 4.69) is 10.6 Å². The summed E-state index contributed by atoms with van der Waals surface area (Å²) < 4.78 is 5.94. The van der Waals surface area contributed by atoms with Crippen molar-refractivity contribution in [3.8, 4) is 5.75 Å². The Morgan fingerprint density at radius 2 is 2.07 bits per heavy atom. The van der Waals surface area contributed by atoms with Crippen molar-refractivity contribution in [1.29, 1.82) is 0 Å². The highest BCUT2D eigenvalue weighted by molar-refractivity contribution is 5.74. The van der Waals surface area contributed by atoms with Gasteiger partial charge in [0.25, 0.3) is 0 Å². The number of ether oxygens (including phenoxy) is 1. The molecule has 1 aliphatic carbocycles. The van der Waals surface area contributed by atoms with Crippen molar-refractivity contribution in [2.45, 2.75) is 58.2 Å². The Hall–Kier alpha value is -2.28. The lowest BCUT2D eigenvalue weighted by Crippen LogP contribution is -2.56. The molecule has 2 amide bonds. The second-order valence-electron chi connectivity index (χ2n) is 7.10. The zero-order chi connectivity index (χ0) is 19.8.